The summed E-state index contributed by atoms with van der Waals surface area (Å²) in [5.41, 5.74) is 1.67. The first-order chi connectivity index (χ1) is 12.7. The van der Waals surface area contributed by atoms with Crippen LogP contribution in [0.2, 0.25) is 0 Å². The maximum atomic E-state index is 11.5. The van der Waals surface area contributed by atoms with Gasteiger partial charge in [0.15, 0.2) is 11.5 Å². The van der Waals surface area contributed by atoms with E-state index in [4.69, 9.17) is 9.84 Å². The number of hydrogen-bond acceptors (Lipinski definition) is 6. The Morgan fingerprint density at radius 2 is 2.04 bits per heavy atom. The lowest BCUT2D eigenvalue weighted by Gasteiger charge is -2.33. The second kappa shape index (κ2) is 6.99. The number of methoxy groups -OCH3 is 1. The van der Waals surface area contributed by atoms with Crippen molar-refractivity contribution in [1.82, 2.24) is 25.1 Å². The van der Waals surface area contributed by atoms with Gasteiger partial charge in [0.25, 0.3) is 0 Å². The number of nitrogens with one attached hydrogen (secondary N) is 1. The Labute approximate surface area is 150 Å². The third kappa shape index (κ3) is 3.17. The molecular weight excluding hydrogens is 332 g/mol. The Morgan fingerprint density at radius 1 is 1.19 bits per heavy atom. The van der Waals surface area contributed by atoms with Crippen molar-refractivity contribution in [3.05, 3.63) is 42.5 Å². The summed E-state index contributed by atoms with van der Waals surface area (Å²) < 4.78 is 6.47. The Hall–Kier alpha value is -3.16. The number of carbonyl (C=O) groups is 1. The van der Waals surface area contributed by atoms with Gasteiger partial charge in [-0.2, -0.15) is 4.52 Å². The van der Waals surface area contributed by atoms with Crippen LogP contribution in [-0.4, -0.2) is 52.1 Å². The molecule has 134 valence electrons. The average Bonchev–Trinajstić information content (AvgIpc) is 3.12. The van der Waals surface area contributed by atoms with E-state index in [1.54, 1.807) is 4.52 Å². The zero-order chi connectivity index (χ0) is 17.9. The molecule has 8 heteroatoms. The molecule has 2 aromatic heterocycles. The van der Waals surface area contributed by atoms with Crippen LogP contribution < -0.4 is 10.2 Å². The summed E-state index contributed by atoms with van der Waals surface area (Å²) in [5.74, 6) is 1.55. The smallest absolute Gasteiger partial charge is 0.407 e. The zero-order valence-electron chi connectivity index (χ0n) is 14.5. The van der Waals surface area contributed by atoms with Crippen molar-refractivity contribution in [1.29, 1.82) is 0 Å². The number of amides is 1. The molecule has 4 rings (SSSR count). The molecule has 0 saturated carbocycles. The number of hydrogen-bond donors (Lipinski definition) is 1. The van der Waals surface area contributed by atoms with Crippen LogP contribution in [0.4, 0.5) is 10.6 Å². The molecule has 0 radical (unpaired) electrons. The summed E-state index contributed by atoms with van der Waals surface area (Å²) in [5, 5.41) is 16.1. The van der Waals surface area contributed by atoms with E-state index in [9.17, 15) is 4.79 Å². The van der Waals surface area contributed by atoms with Gasteiger partial charge in [-0.25, -0.2) is 4.79 Å². The van der Waals surface area contributed by atoms with E-state index in [2.05, 4.69) is 20.4 Å². The molecule has 1 N–H and O–H groups in total. The Bertz CT molecular complexity index is 910. The number of anilines is 1. The van der Waals surface area contributed by atoms with Crippen LogP contribution in [0, 0.1) is 0 Å². The van der Waals surface area contributed by atoms with Crippen molar-refractivity contribution >= 4 is 17.6 Å². The highest BCUT2D eigenvalue weighted by molar-refractivity contribution is 5.67. The summed E-state index contributed by atoms with van der Waals surface area (Å²) in [4.78, 5) is 13.6. The fourth-order valence-electron chi connectivity index (χ4n) is 3.24. The van der Waals surface area contributed by atoms with Crippen LogP contribution >= 0.6 is 0 Å². The van der Waals surface area contributed by atoms with Crippen LogP contribution in [0.25, 0.3) is 17.0 Å². The molecule has 1 aliphatic rings. The summed E-state index contributed by atoms with van der Waals surface area (Å²) in [6.45, 7) is 1.58. The first-order valence-electron chi connectivity index (χ1n) is 8.62. The molecule has 1 aromatic carbocycles. The minimum absolute atomic E-state index is 0.0446. The highest BCUT2D eigenvalue weighted by atomic mass is 16.5. The fourth-order valence-corrected chi connectivity index (χ4v) is 3.24. The monoisotopic (exact) mass is 352 g/mol. The first kappa shape index (κ1) is 16.3. The lowest BCUT2D eigenvalue weighted by Crippen LogP contribution is -2.48. The third-order valence-electron chi connectivity index (χ3n) is 4.53. The lowest BCUT2D eigenvalue weighted by molar-refractivity contribution is 0.165. The average molecular weight is 352 g/mol. The number of carbonyl (C=O) groups excluding carboxylic acids is 1. The van der Waals surface area contributed by atoms with Crippen LogP contribution in [-0.2, 0) is 4.74 Å². The highest BCUT2D eigenvalue weighted by Crippen LogP contribution is 2.21. The topological polar surface area (TPSA) is 84.6 Å². The maximum absolute atomic E-state index is 11.5. The number of alkyl carbamates (subject to hydrolysis) is 1. The Balaban J connectivity index is 1.62. The van der Waals surface area contributed by atoms with Gasteiger partial charge in [-0.3, -0.25) is 0 Å². The van der Waals surface area contributed by atoms with Crippen LogP contribution in [0.5, 0.6) is 0 Å². The van der Waals surface area contributed by atoms with Gasteiger partial charge in [0.2, 0.25) is 0 Å². The number of benzene rings is 1. The van der Waals surface area contributed by atoms with Crippen molar-refractivity contribution in [2.24, 2.45) is 0 Å². The van der Waals surface area contributed by atoms with Gasteiger partial charge in [-0.05, 0) is 25.0 Å². The molecule has 26 heavy (non-hydrogen) atoms. The van der Waals surface area contributed by atoms with Gasteiger partial charge < -0.3 is 15.0 Å². The largest absolute Gasteiger partial charge is 0.453 e. The van der Waals surface area contributed by atoms with Gasteiger partial charge in [0.1, 0.15) is 5.82 Å². The molecular formula is C18H20N6O2. The number of aromatic nitrogens is 4. The second-order valence-electron chi connectivity index (χ2n) is 6.27. The highest BCUT2D eigenvalue weighted by Gasteiger charge is 2.23. The minimum atomic E-state index is -0.398. The number of ether oxygens (including phenoxy) is 1. The molecule has 0 spiro atoms. The van der Waals surface area contributed by atoms with E-state index in [-0.39, 0.29) is 6.04 Å². The second-order valence-corrected chi connectivity index (χ2v) is 6.27. The van der Waals surface area contributed by atoms with E-state index in [0.29, 0.717) is 18.0 Å². The number of fused-ring (bicyclic) bond motifs is 1. The molecule has 1 amide bonds. The molecule has 1 saturated heterocycles. The SMILES string of the molecule is COC(=O)NC1CCCN(c2ccc3nnc(-c4ccccc4)n3n2)C1. The zero-order valence-corrected chi connectivity index (χ0v) is 14.5. The molecule has 1 unspecified atom stereocenters. The molecule has 3 aromatic rings. The third-order valence-corrected chi connectivity index (χ3v) is 4.53. The Morgan fingerprint density at radius 3 is 2.85 bits per heavy atom. The van der Waals surface area contributed by atoms with Crippen LogP contribution in [0.15, 0.2) is 42.5 Å². The summed E-state index contributed by atoms with van der Waals surface area (Å²) in [6, 6.07) is 13.8. The molecule has 1 fully saturated rings. The van der Waals surface area contributed by atoms with Gasteiger partial charge in [-0.15, -0.1) is 15.3 Å². The lowest BCUT2D eigenvalue weighted by atomic mass is 10.1. The van der Waals surface area contributed by atoms with E-state index >= 15 is 0 Å². The van der Waals surface area contributed by atoms with Gasteiger partial charge in [0, 0.05) is 24.7 Å². The summed E-state index contributed by atoms with van der Waals surface area (Å²) in [6.07, 6.45) is 1.50. The molecule has 1 atom stereocenters. The van der Waals surface area contributed by atoms with E-state index < -0.39 is 6.09 Å². The van der Waals surface area contributed by atoms with Crippen LogP contribution in [0.3, 0.4) is 0 Å². The van der Waals surface area contributed by atoms with Gasteiger partial charge >= 0.3 is 6.09 Å². The normalized spacial score (nSPS) is 17.3. The summed E-state index contributed by atoms with van der Waals surface area (Å²) in [7, 11) is 1.38. The molecule has 3 heterocycles. The predicted octanol–water partition coefficient (Wildman–Crippen LogP) is 2.12. The number of piperidine rings is 1. The van der Waals surface area contributed by atoms with Crippen molar-refractivity contribution in [2.75, 3.05) is 25.1 Å². The van der Waals surface area contributed by atoms with Gasteiger partial charge in [-0.1, -0.05) is 30.3 Å². The van der Waals surface area contributed by atoms with E-state index in [1.807, 2.05) is 42.5 Å². The minimum Gasteiger partial charge on any atom is -0.453 e. The van der Waals surface area contributed by atoms with Crippen LogP contribution in [0.1, 0.15) is 12.8 Å². The van der Waals surface area contributed by atoms with E-state index in [0.717, 1.165) is 30.8 Å². The molecule has 8 nitrogen and oxygen atoms in total. The molecule has 0 bridgehead atoms. The van der Waals surface area contributed by atoms with Crippen molar-refractivity contribution in [3.63, 3.8) is 0 Å². The maximum Gasteiger partial charge on any atom is 0.407 e. The van der Waals surface area contributed by atoms with Gasteiger partial charge in [0.05, 0.1) is 7.11 Å². The first-order valence-corrected chi connectivity index (χ1v) is 8.62. The molecule has 0 aliphatic carbocycles. The van der Waals surface area contributed by atoms with E-state index in [1.165, 1.54) is 7.11 Å². The standard InChI is InChI=1S/C18H20N6O2/c1-26-18(25)19-14-8-5-11-23(12-14)16-10-9-15-20-21-17(24(15)22-16)13-6-3-2-4-7-13/h2-4,6-7,9-10,14H,5,8,11-12H2,1H3,(H,19,25). The fraction of sp³-hybridized carbons (Fsp3) is 0.333. The van der Waals surface area contributed by atoms with Crippen molar-refractivity contribution in [3.8, 4) is 11.4 Å². The Kier molecular flexibility index (Phi) is 4.39. The van der Waals surface area contributed by atoms with Crippen molar-refractivity contribution in [2.45, 2.75) is 18.9 Å². The van der Waals surface area contributed by atoms with Crippen molar-refractivity contribution < 1.29 is 9.53 Å². The number of nitrogens with zero attached hydrogens (tertiary/aromatic N) is 5. The quantitative estimate of drug-likeness (QED) is 0.777. The summed E-state index contributed by atoms with van der Waals surface area (Å²) >= 11 is 0. The predicted molar refractivity (Wildman–Crippen MR) is 97.0 cm³/mol. The molecule has 1 aliphatic heterocycles. The number of rotatable bonds is 3.